The Bertz CT molecular complexity index is 487. The zero-order valence-electron chi connectivity index (χ0n) is 10.5. The van der Waals surface area contributed by atoms with Gasteiger partial charge in [-0.2, -0.15) is 4.31 Å². The van der Waals surface area contributed by atoms with E-state index in [1.54, 1.807) is 10.4 Å². The third-order valence-corrected chi connectivity index (χ3v) is 6.70. The van der Waals surface area contributed by atoms with Gasteiger partial charge < -0.3 is 5.32 Å². The Morgan fingerprint density at radius 3 is 2.72 bits per heavy atom. The minimum absolute atomic E-state index is 0. The third kappa shape index (κ3) is 3.05. The summed E-state index contributed by atoms with van der Waals surface area (Å²) < 4.78 is 26.7. The summed E-state index contributed by atoms with van der Waals surface area (Å²) in [6.07, 6.45) is 1.78. The summed E-state index contributed by atoms with van der Waals surface area (Å²) in [6, 6.07) is 3.92. The van der Waals surface area contributed by atoms with E-state index in [-0.39, 0.29) is 18.4 Å². The van der Waals surface area contributed by atoms with Gasteiger partial charge in [0.25, 0.3) is 10.0 Å². The lowest BCUT2D eigenvalue weighted by Crippen LogP contribution is -2.33. The molecule has 2 heterocycles. The third-order valence-electron chi connectivity index (χ3n) is 3.14. The predicted molar refractivity (Wildman–Crippen MR) is 77.2 cm³/mol. The molecule has 0 radical (unpaired) electrons. The molecule has 1 saturated heterocycles. The van der Waals surface area contributed by atoms with Crippen molar-refractivity contribution >= 4 is 33.8 Å². The number of nitrogens with zero attached hydrogens (tertiary/aromatic N) is 1. The molecule has 0 bridgehead atoms. The van der Waals surface area contributed by atoms with Crippen LogP contribution in [0.5, 0.6) is 0 Å². The summed E-state index contributed by atoms with van der Waals surface area (Å²) in [5.41, 5.74) is 0. The van der Waals surface area contributed by atoms with E-state index < -0.39 is 10.0 Å². The average Bonchev–Trinajstić information content (AvgIpc) is 2.98. The van der Waals surface area contributed by atoms with Gasteiger partial charge in [0.15, 0.2) is 0 Å². The van der Waals surface area contributed by atoms with Gasteiger partial charge in [0.2, 0.25) is 0 Å². The molecule has 1 atom stereocenters. The van der Waals surface area contributed by atoms with E-state index in [2.05, 4.69) is 5.32 Å². The van der Waals surface area contributed by atoms with Crippen molar-refractivity contribution < 1.29 is 8.42 Å². The Morgan fingerprint density at radius 1 is 1.50 bits per heavy atom. The lowest BCUT2D eigenvalue weighted by atomic mass is 10.3. The second kappa shape index (κ2) is 6.34. The summed E-state index contributed by atoms with van der Waals surface area (Å²) in [7, 11) is -1.38. The van der Waals surface area contributed by atoms with Gasteiger partial charge in [-0.05, 0) is 32.0 Å². The second-order valence-corrected chi connectivity index (χ2v) is 7.54. The normalized spacial score (nSPS) is 20.9. The van der Waals surface area contributed by atoms with Crippen molar-refractivity contribution in [3.05, 3.63) is 17.0 Å². The summed E-state index contributed by atoms with van der Waals surface area (Å²) >= 11 is 1.39. The summed E-state index contributed by atoms with van der Waals surface area (Å²) in [5, 5.41) is 3.13. The molecule has 18 heavy (non-hydrogen) atoms. The lowest BCUT2D eigenvalue weighted by molar-refractivity contribution is 0.466. The van der Waals surface area contributed by atoms with Crippen molar-refractivity contribution in [3.63, 3.8) is 0 Å². The predicted octanol–water partition coefficient (Wildman–Crippen LogP) is 1.71. The van der Waals surface area contributed by atoms with Gasteiger partial charge in [-0.3, -0.25) is 0 Å². The molecule has 1 fully saturated rings. The van der Waals surface area contributed by atoms with Gasteiger partial charge >= 0.3 is 0 Å². The monoisotopic (exact) mass is 310 g/mol. The first-order valence-corrected chi connectivity index (χ1v) is 8.09. The van der Waals surface area contributed by atoms with Crippen molar-refractivity contribution in [1.29, 1.82) is 0 Å². The molecule has 1 aromatic heterocycles. The number of likely N-dealkylation sites (N-methyl/N-ethyl adjacent to an activating group) is 1. The Balaban J connectivity index is 0.00000162. The van der Waals surface area contributed by atoms with Crippen LogP contribution in [0, 0.1) is 0 Å². The highest BCUT2D eigenvalue weighted by Gasteiger charge is 2.32. The molecule has 2 rings (SSSR count). The molecule has 0 saturated carbocycles. The van der Waals surface area contributed by atoms with Gasteiger partial charge in [-0.15, -0.1) is 23.7 Å². The fourth-order valence-corrected chi connectivity index (χ4v) is 4.95. The zero-order chi connectivity index (χ0) is 12.5. The number of thiophene rings is 1. The molecule has 1 N–H and O–H groups in total. The first-order chi connectivity index (χ1) is 8.07. The summed E-state index contributed by atoms with van der Waals surface area (Å²) in [4.78, 5) is 1.12. The van der Waals surface area contributed by atoms with Crippen LogP contribution in [-0.4, -0.2) is 38.9 Å². The minimum atomic E-state index is -3.26. The van der Waals surface area contributed by atoms with E-state index in [9.17, 15) is 8.42 Å². The van der Waals surface area contributed by atoms with Crippen LogP contribution in [0.3, 0.4) is 0 Å². The van der Waals surface area contributed by atoms with E-state index in [1.165, 1.54) is 11.3 Å². The van der Waals surface area contributed by atoms with Crippen LogP contribution in [0.2, 0.25) is 0 Å². The standard InChI is InChI=1S/C11H18N2O2S2.ClH/c1-3-10-4-5-11(16-10)17(14,15)13-7-6-9(8-13)12-2;/h4-5,9,12H,3,6-8H2,1-2H3;1H. The van der Waals surface area contributed by atoms with Gasteiger partial charge in [0.05, 0.1) is 0 Å². The number of nitrogens with one attached hydrogen (secondary N) is 1. The Labute approximate surface area is 119 Å². The number of rotatable bonds is 4. The highest BCUT2D eigenvalue weighted by molar-refractivity contribution is 7.91. The van der Waals surface area contributed by atoms with E-state index in [0.29, 0.717) is 17.3 Å². The highest BCUT2D eigenvalue weighted by atomic mass is 35.5. The topological polar surface area (TPSA) is 49.4 Å². The molecular formula is C11H19ClN2O2S2. The molecule has 0 aromatic carbocycles. The lowest BCUT2D eigenvalue weighted by Gasteiger charge is -2.14. The quantitative estimate of drug-likeness (QED) is 0.921. The Hall–Kier alpha value is -0.140. The van der Waals surface area contributed by atoms with Crippen molar-refractivity contribution in [1.82, 2.24) is 9.62 Å². The molecule has 0 spiro atoms. The molecule has 4 nitrogen and oxygen atoms in total. The van der Waals surface area contributed by atoms with Gasteiger partial charge in [0.1, 0.15) is 4.21 Å². The number of sulfonamides is 1. The van der Waals surface area contributed by atoms with Crippen LogP contribution >= 0.6 is 23.7 Å². The largest absolute Gasteiger partial charge is 0.316 e. The van der Waals surface area contributed by atoms with Gasteiger partial charge in [0, 0.05) is 24.0 Å². The maximum absolute atomic E-state index is 12.3. The number of hydrogen-bond acceptors (Lipinski definition) is 4. The second-order valence-electron chi connectivity index (χ2n) is 4.21. The van der Waals surface area contributed by atoms with Crippen molar-refractivity contribution in [2.45, 2.75) is 30.0 Å². The molecule has 0 amide bonds. The summed E-state index contributed by atoms with van der Waals surface area (Å²) in [5.74, 6) is 0. The molecule has 1 aliphatic heterocycles. The highest BCUT2D eigenvalue weighted by Crippen LogP contribution is 2.27. The summed E-state index contributed by atoms with van der Waals surface area (Å²) in [6.45, 7) is 3.24. The molecular weight excluding hydrogens is 292 g/mol. The maximum atomic E-state index is 12.3. The SMILES string of the molecule is CCc1ccc(S(=O)(=O)N2CCC(NC)C2)s1.Cl. The first-order valence-electron chi connectivity index (χ1n) is 5.84. The molecule has 7 heteroatoms. The van der Waals surface area contributed by atoms with Crippen molar-refractivity contribution in [2.24, 2.45) is 0 Å². The molecule has 1 unspecified atom stereocenters. The Kier molecular flexibility index (Phi) is 5.61. The van der Waals surface area contributed by atoms with E-state index in [0.717, 1.165) is 17.7 Å². The number of aryl methyl sites for hydroxylation is 1. The van der Waals surface area contributed by atoms with Crippen molar-refractivity contribution in [3.8, 4) is 0 Å². The molecule has 0 aliphatic carbocycles. The van der Waals surface area contributed by atoms with Crippen LogP contribution in [0.4, 0.5) is 0 Å². The van der Waals surface area contributed by atoms with E-state index >= 15 is 0 Å². The average molecular weight is 311 g/mol. The fourth-order valence-electron chi connectivity index (χ4n) is 2.00. The zero-order valence-corrected chi connectivity index (χ0v) is 13.0. The van der Waals surface area contributed by atoms with Crippen LogP contribution in [0.25, 0.3) is 0 Å². The molecule has 1 aromatic rings. The fraction of sp³-hybridized carbons (Fsp3) is 0.636. The van der Waals surface area contributed by atoms with Crippen LogP contribution in [0.1, 0.15) is 18.2 Å². The number of hydrogen-bond donors (Lipinski definition) is 1. The van der Waals surface area contributed by atoms with Gasteiger partial charge in [-0.1, -0.05) is 6.92 Å². The van der Waals surface area contributed by atoms with E-state index in [1.807, 2.05) is 20.0 Å². The van der Waals surface area contributed by atoms with Crippen LogP contribution < -0.4 is 5.32 Å². The van der Waals surface area contributed by atoms with Crippen LogP contribution in [-0.2, 0) is 16.4 Å². The van der Waals surface area contributed by atoms with E-state index in [4.69, 9.17) is 0 Å². The van der Waals surface area contributed by atoms with Crippen LogP contribution in [0.15, 0.2) is 16.3 Å². The van der Waals surface area contributed by atoms with Crippen molar-refractivity contribution in [2.75, 3.05) is 20.1 Å². The number of halogens is 1. The molecule has 1 aliphatic rings. The minimum Gasteiger partial charge on any atom is -0.316 e. The molecule has 104 valence electrons. The first kappa shape index (κ1) is 15.9. The maximum Gasteiger partial charge on any atom is 0.252 e. The van der Waals surface area contributed by atoms with Gasteiger partial charge in [-0.25, -0.2) is 8.42 Å². The smallest absolute Gasteiger partial charge is 0.252 e. The Morgan fingerprint density at radius 2 is 2.22 bits per heavy atom.